The molecule has 2 aromatic carbocycles. The molecule has 0 aliphatic rings. The van der Waals surface area contributed by atoms with E-state index in [1.807, 2.05) is 59.7 Å². The number of carbonyl (C=O) groups is 1. The Labute approximate surface area is 193 Å². The zero-order chi connectivity index (χ0) is 24.3. The summed E-state index contributed by atoms with van der Waals surface area (Å²) in [5.74, 6) is 0.0681. The van der Waals surface area contributed by atoms with E-state index in [1.54, 1.807) is 6.07 Å². The quantitative estimate of drug-likeness (QED) is 0.441. The molecular formula is C28H40O4. The van der Waals surface area contributed by atoms with Crippen molar-refractivity contribution in [2.24, 2.45) is 11.8 Å². The van der Waals surface area contributed by atoms with E-state index in [1.165, 1.54) is 5.56 Å². The molecule has 0 bridgehead atoms. The van der Waals surface area contributed by atoms with Crippen molar-refractivity contribution in [3.05, 3.63) is 64.2 Å². The van der Waals surface area contributed by atoms with Gasteiger partial charge in [0.2, 0.25) is 0 Å². The van der Waals surface area contributed by atoms with Gasteiger partial charge in [0, 0.05) is 5.41 Å². The number of hydrogen-bond acceptors (Lipinski definition) is 3. The molecule has 2 rings (SSSR count). The van der Waals surface area contributed by atoms with Gasteiger partial charge in [-0.3, -0.25) is 0 Å². The van der Waals surface area contributed by atoms with Gasteiger partial charge in [-0.25, -0.2) is 4.79 Å². The van der Waals surface area contributed by atoms with Crippen LogP contribution in [0.25, 0.3) is 0 Å². The molecule has 2 aromatic rings. The standard InChI is InChI=1S/C28H40O4/c1-9-27(10-2,22-11-13-24(26(29)30)20(7)15-22)23-12-14-25(21(8)16-23)32-17-28(31,18(3)4)19(5)6/h11-16,18-19,31H,9-10,17H2,1-8H3,(H,29,30). The van der Waals surface area contributed by atoms with E-state index >= 15 is 0 Å². The number of carboxylic acid groups (broad SMARTS) is 1. The number of benzene rings is 2. The Bertz CT molecular complexity index is 930. The van der Waals surface area contributed by atoms with Crippen molar-refractivity contribution in [1.29, 1.82) is 0 Å². The lowest BCUT2D eigenvalue weighted by molar-refractivity contribution is -0.0786. The molecular weight excluding hydrogens is 400 g/mol. The van der Waals surface area contributed by atoms with Gasteiger partial charge >= 0.3 is 5.97 Å². The lowest BCUT2D eigenvalue weighted by atomic mass is 9.70. The maximum Gasteiger partial charge on any atom is 0.335 e. The van der Waals surface area contributed by atoms with Gasteiger partial charge in [-0.2, -0.15) is 0 Å². The lowest BCUT2D eigenvalue weighted by Crippen LogP contribution is -2.46. The Morgan fingerprint density at radius 1 is 0.906 bits per heavy atom. The van der Waals surface area contributed by atoms with Gasteiger partial charge in [0.05, 0.1) is 5.56 Å². The molecule has 0 aromatic heterocycles. The van der Waals surface area contributed by atoms with E-state index in [9.17, 15) is 15.0 Å². The van der Waals surface area contributed by atoms with Crippen LogP contribution in [0.3, 0.4) is 0 Å². The molecule has 0 amide bonds. The number of rotatable bonds is 10. The average molecular weight is 441 g/mol. The van der Waals surface area contributed by atoms with Crippen LogP contribution in [0.4, 0.5) is 0 Å². The van der Waals surface area contributed by atoms with Crippen LogP contribution in [0.1, 0.15) is 87.0 Å². The fourth-order valence-electron chi connectivity index (χ4n) is 4.74. The largest absolute Gasteiger partial charge is 0.490 e. The molecule has 4 heteroatoms. The summed E-state index contributed by atoms with van der Waals surface area (Å²) < 4.78 is 6.11. The van der Waals surface area contributed by atoms with Gasteiger partial charge in [-0.05, 0) is 72.9 Å². The molecule has 0 saturated carbocycles. The number of aromatic carboxylic acids is 1. The van der Waals surface area contributed by atoms with E-state index in [2.05, 4.69) is 26.0 Å². The van der Waals surface area contributed by atoms with Gasteiger partial charge in [-0.1, -0.05) is 65.8 Å². The summed E-state index contributed by atoms with van der Waals surface area (Å²) in [6, 6.07) is 12.0. The van der Waals surface area contributed by atoms with Gasteiger partial charge in [-0.15, -0.1) is 0 Å². The van der Waals surface area contributed by atoms with E-state index in [0.29, 0.717) is 5.56 Å². The molecule has 2 N–H and O–H groups in total. The molecule has 0 radical (unpaired) electrons. The van der Waals surface area contributed by atoms with E-state index in [0.717, 1.165) is 35.3 Å². The summed E-state index contributed by atoms with van der Waals surface area (Å²) in [7, 11) is 0. The zero-order valence-corrected chi connectivity index (χ0v) is 21.0. The molecule has 0 aliphatic heterocycles. The first-order valence-electron chi connectivity index (χ1n) is 11.7. The number of ether oxygens (including phenoxy) is 1. The molecule has 0 heterocycles. The summed E-state index contributed by atoms with van der Waals surface area (Å²) >= 11 is 0. The Hall–Kier alpha value is -2.33. The molecule has 4 nitrogen and oxygen atoms in total. The highest BCUT2D eigenvalue weighted by atomic mass is 16.5. The molecule has 0 unspecified atom stereocenters. The number of aryl methyl sites for hydroxylation is 2. The van der Waals surface area contributed by atoms with Gasteiger partial charge in [0.15, 0.2) is 0 Å². The zero-order valence-electron chi connectivity index (χ0n) is 21.0. The predicted molar refractivity (Wildman–Crippen MR) is 131 cm³/mol. The Morgan fingerprint density at radius 2 is 1.41 bits per heavy atom. The van der Waals surface area contributed by atoms with Crippen LogP contribution in [0.2, 0.25) is 0 Å². The van der Waals surface area contributed by atoms with Crippen LogP contribution >= 0.6 is 0 Å². The minimum Gasteiger partial charge on any atom is -0.490 e. The monoisotopic (exact) mass is 440 g/mol. The minimum atomic E-state index is -0.896. The lowest BCUT2D eigenvalue weighted by Gasteiger charge is -2.36. The fourth-order valence-corrected chi connectivity index (χ4v) is 4.74. The smallest absolute Gasteiger partial charge is 0.335 e. The van der Waals surface area contributed by atoms with Crippen molar-refractivity contribution in [3.63, 3.8) is 0 Å². The molecule has 0 atom stereocenters. The van der Waals surface area contributed by atoms with E-state index < -0.39 is 11.6 Å². The second-order valence-corrected chi connectivity index (χ2v) is 9.69. The highest BCUT2D eigenvalue weighted by molar-refractivity contribution is 5.89. The molecule has 0 fully saturated rings. The first kappa shape index (κ1) is 25.9. The Kier molecular flexibility index (Phi) is 8.17. The van der Waals surface area contributed by atoms with Gasteiger partial charge in [0.1, 0.15) is 18.0 Å². The Balaban J connectivity index is 2.42. The van der Waals surface area contributed by atoms with Crippen molar-refractivity contribution < 1.29 is 19.7 Å². The fraction of sp³-hybridized carbons (Fsp3) is 0.536. The second-order valence-electron chi connectivity index (χ2n) is 9.69. The van der Waals surface area contributed by atoms with Crippen LogP contribution in [-0.2, 0) is 5.41 Å². The topological polar surface area (TPSA) is 66.8 Å². The molecule has 0 saturated heterocycles. The molecule has 32 heavy (non-hydrogen) atoms. The van der Waals surface area contributed by atoms with Gasteiger partial charge in [0.25, 0.3) is 0 Å². The van der Waals surface area contributed by atoms with Crippen molar-refractivity contribution in [3.8, 4) is 5.75 Å². The van der Waals surface area contributed by atoms with Crippen LogP contribution < -0.4 is 4.74 Å². The summed E-state index contributed by atoms with van der Waals surface area (Å²) in [6.45, 7) is 16.6. The van der Waals surface area contributed by atoms with Crippen LogP contribution in [0.5, 0.6) is 5.75 Å². The SMILES string of the molecule is CCC(CC)(c1ccc(OCC(O)(C(C)C)C(C)C)c(C)c1)c1ccc(C(=O)O)c(C)c1. The van der Waals surface area contributed by atoms with Crippen molar-refractivity contribution in [2.75, 3.05) is 6.61 Å². The molecule has 0 aliphatic carbocycles. The summed E-state index contributed by atoms with van der Waals surface area (Å²) in [4.78, 5) is 11.5. The third-order valence-electron chi connectivity index (χ3n) is 7.40. The highest BCUT2D eigenvalue weighted by Crippen LogP contribution is 2.41. The van der Waals surface area contributed by atoms with Crippen molar-refractivity contribution in [1.82, 2.24) is 0 Å². The first-order valence-corrected chi connectivity index (χ1v) is 11.7. The molecule has 0 spiro atoms. The van der Waals surface area contributed by atoms with Crippen LogP contribution in [0, 0.1) is 25.7 Å². The summed E-state index contributed by atoms with van der Waals surface area (Å²) in [5, 5.41) is 20.4. The van der Waals surface area contributed by atoms with Crippen molar-refractivity contribution >= 4 is 5.97 Å². The maximum absolute atomic E-state index is 11.5. The minimum absolute atomic E-state index is 0.0897. The third kappa shape index (κ3) is 4.85. The summed E-state index contributed by atoms with van der Waals surface area (Å²) in [5.41, 5.74) is 3.39. The second kappa shape index (κ2) is 10.1. The number of hydrogen-bond donors (Lipinski definition) is 2. The molecule has 176 valence electrons. The van der Waals surface area contributed by atoms with Gasteiger partial charge < -0.3 is 14.9 Å². The Morgan fingerprint density at radius 3 is 1.81 bits per heavy atom. The third-order valence-corrected chi connectivity index (χ3v) is 7.40. The van der Waals surface area contributed by atoms with E-state index in [-0.39, 0.29) is 23.9 Å². The van der Waals surface area contributed by atoms with Crippen LogP contribution in [0.15, 0.2) is 36.4 Å². The maximum atomic E-state index is 11.5. The van der Waals surface area contributed by atoms with Crippen molar-refractivity contribution in [2.45, 2.75) is 79.2 Å². The first-order chi connectivity index (χ1) is 14.9. The number of carboxylic acids is 1. The average Bonchev–Trinajstić information content (AvgIpc) is 2.73. The van der Waals surface area contributed by atoms with Crippen LogP contribution in [-0.4, -0.2) is 28.4 Å². The summed E-state index contributed by atoms with van der Waals surface area (Å²) in [6.07, 6.45) is 1.80. The predicted octanol–water partition coefficient (Wildman–Crippen LogP) is 6.53. The highest BCUT2D eigenvalue weighted by Gasteiger charge is 2.36. The van der Waals surface area contributed by atoms with E-state index in [4.69, 9.17) is 4.74 Å². The number of aliphatic hydroxyl groups is 1. The normalized spacial score (nSPS) is 12.5.